The van der Waals surface area contributed by atoms with Crippen molar-refractivity contribution in [1.82, 2.24) is 0 Å². The molecule has 2 aliphatic rings. The highest BCUT2D eigenvalue weighted by Gasteiger charge is 2.22. The maximum atomic E-state index is 12.8. The van der Waals surface area contributed by atoms with Gasteiger partial charge < -0.3 is 9.64 Å². The van der Waals surface area contributed by atoms with Crippen molar-refractivity contribution in [2.45, 2.75) is 43.1 Å². The molecule has 1 heterocycles. The topological polar surface area (TPSA) is 58.6 Å². The molecule has 1 aliphatic carbocycles. The van der Waals surface area contributed by atoms with Crippen molar-refractivity contribution < 1.29 is 13.2 Å². The predicted molar refractivity (Wildman–Crippen MR) is 108 cm³/mol. The van der Waals surface area contributed by atoms with Crippen LogP contribution in [0.1, 0.15) is 30.4 Å². The number of nitrogens with zero attached hydrogens (tertiary/aromatic N) is 1. The van der Waals surface area contributed by atoms with Crippen LogP contribution in [0.15, 0.2) is 47.4 Å². The quantitative estimate of drug-likeness (QED) is 0.853. The van der Waals surface area contributed by atoms with Crippen molar-refractivity contribution in [3.05, 3.63) is 53.6 Å². The minimum absolute atomic E-state index is 0.271. The zero-order valence-electron chi connectivity index (χ0n) is 15.6. The van der Waals surface area contributed by atoms with E-state index in [2.05, 4.69) is 9.62 Å². The summed E-state index contributed by atoms with van der Waals surface area (Å²) in [6.45, 7) is 1.83. The van der Waals surface area contributed by atoms with E-state index in [9.17, 15) is 8.42 Å². The minimum atomic E-state index is -3.58. The molecule has 1 N–H and O–H groups in total. The summed E-state index contributed by atoms with van der Waals surface area (Å²) < 4.78 is 33.7. The number of ether oxygens (including phenoxy) is 1. The first-order valence-corrected chi connectivity index (χ1v) is 11.1. The number of methoxy groups -OCH3 is 1. The summed E-state index contributed by atoms with van der Waals surface area (Å²) in [4.78, 5) is 2.60. The number of nitrogens with one attached hydrogen (secondary N) is 1. The van der Waals surface area contributed by atoms with Gasteiger partial charge in [0, 0.05) is 31.6 Å². The molecule has 0 amide bonds. The molecule has 5 nitrogen and oxygen atoms in total. The molecule has 2 aromatic carbocycles. The Morgan fingerprint density at radius 2 is 1.78 bits per heavy atom. The molecule has 0 radical (unpaired) electrons. The van der Waals surface area contributed by atoms with Gasteiger partial charge in [0.2, 0.25) is 0 Å². The Kier molecular flexibility index (Phi) is 5.10. The normalized spacial score (nSPS) is 19.7. The number of fused-ring (bicyclic) bond motifs is 1. The second kappa shape index (κ2) is 7.52. The smallest absolute Gasteiger partial charge is 0.261 e. The van der Waals surface area contributed by atoms with Gasteiger partial charge in [0.1, 0.15) is 0 Å². The van der Waals surface area contributed by atoms with E-state index < -0.39 is 10.0 Å². The Morgan fingerprint density at radius 3 is 2.48 bits per heavy atom. The lowest BCUT2D eigenvalue weighted by molar-refractivity contribution is 0.121. The van der Waals surface area contributed by atoms with Gasteiger partial charge in [-0.25, -0.2) is 8.42 Å². The standard InChI is InChI=1S/C21H26N2O3S/c1-26-20-12-13-23(15-20)19-9-7-18(8-10-19)22-27(24,25)21-11-6-16-4-2-3-5-17(16)14-21/h6-11,14,20,22H,2-5,12-13,15H2,1H3. The van der Waals surface area contributed by atoms with Crippen LogP contribution < -0.4 is 9.62 Å². The van der Waals surface area contributed by atoms with Gasteiger partial charge in [-0.05, 0) is 79.6 Å². The van der Waals surface area contributed by atoms with Crippen LogP contribution in [0.2, 0.25) is 0 Å². The van der Waals surface area contributed by atoms with Crippen LogP contribution in [0.25, 0.3) is 0 Å². The van der Waals surface area contributed by atoms with Crippen LogP contribution in [-0.4, -0.2) is 34.7 Å². The van der Waals surface area contributed by atoms with E-state index in [-0.39, 0.29) is 6.10 Å². The molecule has 1 unspecified atom stereocenters. The summed E-state index contributed by atoms with van der Waals surface area (Å²) in [5, 5.41) is 0. The molecule has 1 atom stereocenters. The zero-order chi connectivity index (χ0) is 18.9. The van der Waals surface area contributed by atoms with Crippen molar-refractivity contribution in [3.8, 4) is 0 Å². The van der Waals surface area contributed by atoms with E-state index in [1.165, 1.54) is 17.5 Å². The number of hydrogen-bond acceptors (Lipinski definition) is 4. The summed E-state index contributed by atoms with van der Waals surface area (Å²) >= 11 is 0. The zero-order valence-corrected chi connectivity index (χ0v) is 16.5. The van der Waals surface area contributed by atoms with Crippen LogP contribution in [0, 0.1) is 0 Å². The first kappa shape index (κ1) is 18.3. The number of anilines is 2. The SMILES string of the molecule is COC1CCN(c2ccc(NS(=O)(=O)c3ccc4c(c3)CCCC4)cc2)C1. The molecule has 144 valence electrons. The molecule has 0 spiro atoms. The fourth-order valence-corrected chi connectivity index (χ4v) is 5.10. The molecule has 0 bridgehead atoms. The minimum Gasteiger partial charge on any atom is -0.380 e. The molecule has 0 saturated carbocycles. The number of rotatable bonds is 5. The monoisotopic (exact) mass is 386 g/mol. The first-order chi connectivity index (χ1) is 13.0. The van der Waals surface area contributed by atoms with E-state index >= 15 is 0 Å². The van der Waals surface area contributed by atoms with E-state index in [1.807, 2.05) is 36.4 Å². The maximum absolute atomic E-state index is 12.8. The van der Waals surface area contributed by atoms with Crippen molar-refractivity contribution >= 4 is 21.4 Å². The molecule has 1 saturated heterocycles. The highest BCUT2D eigenvalue weighted by atomic mass is 32.2. The maximum Gasteiger partial charge on any atom is 0.261 e. The Labute approximate surface area is 161 Å². The van der Waals surface area contributed by atoms with E-state index in [4.69, 9.17) is 4.74 Å². The number of aryl methyl sites for hydroxylation is 2. The fraction of sp³-hybridized carbons (Fsp3) is 0.429. The van der Waals surface area contributed by atoms with E-state index in [1.54, 1.807) is 13.2 Å². The second-order valence-electron chi connectivity index (χ2n) is 7.38. The van der Waals surface area contributed by atoms with Crippen molar-refractivity contribution in [1.29, 1.82) is 0 Å². The van der Waals surface area contributed by atoms with Gasteiger partial charge in [0.25, 0.3) is 10.0 Å². The molecular formula is C21H26N2O3S. The molecule has 2 aromatic rings. The highest BCUT2D eigenvalue weighted by Crippen LogP contribution is 2.27. The third kappa shape index (κ3) is 3.96. The average molecular weight is 387 g/mol. The molecule has 4 rings (SSSR count). The molecule has 1 fully saturated rings. The molecular weight excluding hydrogens is 360 g/mol. The highest BCUT2D eigenvalue weighted by molar-refractivity contribution is 7.92. The van der Waals surface area contributed by atoms with Crippen LogP contribution >= 0.6 is 0 Å². The third-order valence-corrected chi connectivity index (χ3v) is 6.97. The van der Waals surface area contributed by atoms with Gasteiger partial charge in [0.15, 0.2) is 0 Å². The second-order valence-corrected chi connectivity index (χ2v) is 9.06. The average Bonchev–Trinajstić information content (AvgIpc) is 3.17. The Balaban J connectivity index is 1.48. The van der Waals surface area contributed by atoms with Gasteiger partial charge in [-0.1, -0.05) is 6.07 Å². The van der Waals surface area contributed by atoms with Gasteiger partial charge in [-0.15, -0.1) is 0 Å². The van der Waals surface area contributed by atoms with Crippen molar-refractivity contribution in [3.63, 3.8) is 0 Å². The Morgan fingerprint density at radius 1 is 1.04 bits per heavy atom. The predicted octanol–water partition coefficient (Wildman–Crippen LogP) is 3.59. The summed E-state index contributed by atoms with van der Waals surface area (Å²) in [5.74, 6) is 0. The van der Waals surface area contributed by atoms with Crippen LogP contribution in [-0.2, 0) is 27.6 Å². The summed E-state index contributed by atoms with van der Waals surface area (Å²) in [7, 11) is -1.83. The number of hydrogen-bond donors (Lipinski definition) is 1. The van der Waals surface area contributed by atoms with Crippen LogP contribution in [0.3, 0.4) is 0 Å². The summed E-state index contributed by atoms with van der Waals surface area (Å²) in [5.41, 5.74) is 4.12. The Bertz CT molecular complexity index is 910. The first-order valence-electron chi connectivity index (χ1n) is 9.57. The molecule has 6 heteroatoms. The van der Waals surface area contributed by atoms with Gasteiger partial charge in [-0.2, -0.15) is 0 Å². The lowest BCUT2D eigenvalue weighted by Gasteiger charge is -2.19. The Hall–Kier alpha value is -2.05. The van der Waals surface area contributed by atoms with Crippen LogP contribution in [0.5, 0.6) is 0 Å². The lowest BCUT2D eigenvalue weighted by atomic mass is 9.92. The lowest BCUT2D eigenvalue weighted by Crippen LogP contribution is -2.22. The largest absolute Gasteiger partial charge is 0.380 e. The summed E-state index contributed by atoms with van der Waals surface area (Å²) in [6, 6.07) is 13.1. The molecule has 27 heavy (non-hydrogen) atoms. The van der Waals surface area contributed by atoms with Gasteiger partial charge in [0.05, 0.1) is 11.0 Å². The molecule has 0 aromatic heterocycles. The van der Waals surface area contributed by atoms with Gasteiger partial charge in [-0.3, -0.25) is 4.72 Å². The van der Waals surface area contributed by atoms with E-state index in [0.717, 1.165) is 44.5 Å². The summed E-state index contributed by atoms with van der Waals surface area (Å²) in [6.07, 6.45) is 5.62. The van der Waals surface area contributed by atoms with Gasteiger partial charge >= 0.3 is 0 Å². The number of sulfonamides is 1. The van der Waals surface area contributed by atoms with Crippen molar-refractivity contribution in [2.24, 2.45) is 0 Å². The molecule has 1 aliphatic heterocycles. The van der Waals surface area contributed by atoms with Crippen LogP contribution in [0.4, 0.5) is 11.4 Å². The van der Waals surface area contributed by atoms with E-state index in [0.29, 0.717) is 10.6 Å². The third-order valence-electron chi connectivity index (χ3n) is 5.59. The fourth-order valence-electron chi connectivity index (χ4n) is 3.99. The number of benzene rings is 2. The van der Waals surface area contributed by atoms with Crippen molar-refractivity contribution in [2.75, 3.05) is 29.8 Å².